The van der Waals surface area contributed by atoms with E-state index >= 15 is 0 Å². The van der Waals surface area contributed by atoms with E-state index in [4.69, 9.17) is 62.7 Å². The molecule has 0 amide bonds. The van der Waals surface area contributed by atoms with Gasteiger partial charge in [-0.15, -0.1) is 0 Å². The lowest BCUT2D eigenvalue weighted by molar-refractivity contribution is -0.146. The molecule has 1 rings (SSSR count). The molecule has 320 valence electrons. The first-order valence-electron chi connectivity index (χ1n) is 20.7. The molecule has 1 unspecified atom stereocenters. The van der Waals surface area contributed by atoms with Crippen LogP contribution in [0.1, 0.15) is 96.8 Å². The van der Waals surface area contributed by atoms with Gasteiger partial charge in [0, 0.05) is 6.42 Å². The van der Waals surface area contributed by atoms with Gasteiger partial charge in [0.15, 0.2) is 0 Å². The number of unbranched alkanes of at least 4 members (excludes halogenated alkanes) is 11. The van der Waals surface area contributed by atoms with E-state index in [1.165, 1.54) is 57.8 Å². The van der Waals surface area contributed by atoms with Gasteiger partial charge in [-0.25, -0.2) is 0 Å². The van der Waals surface area contributed by atoms with Gasteiger partial charge in [0.25, 0.3) is 0 Å². The number of carbonyl (C=O) groups is 1. The Kier molecular flexibility index (Phi) is 37.5. The van der Waals surface area contributed by atoms with Crippen molar-refractivity contribution in [2.45, 2.75) is 121 Å². The maximum Gasteiger partial charge on any atom is 0.305 e. The number of aliphatic hydroxyl groups is 3. The number of aliphatic hydroxyl groups excluding tert-OH is 3. The molecule has 1 saturated heterocycles. The van der Waals surface area contributed by atoms with Gasteiger partial charge in [-0.2, -0.15) is 0 Å². The molecular weight excluding hydrogens is 704 g/mol. The van der Waals surface area contributed by atoms with E-state index in [1.807, 2.05) is 0 Å². The van der Waals surface area contributed by atoms with Crippen LogP contribution < -0.4 is 0 Å². The molecule has 14 nitrogen and oxygen atoms in total. The Bertz CT molecular complexity index is 819. The van der Waals surface area contributed by atoms with E-state index in [1.54, 1.807) is 0 Å². The molecule has 3 N–H and O–H groups in total. The average molecular weight is 781 g/mol. The fraction of sp³-hybridized carbons (Fsp3) is 0.925. The molecule has 0 radical (unpaired) electrons. The predicted molar refractivity (Wildman–Crippen MR) is 205 cm³/mol. The van der Waals surface area contributed by atoms with Crippen LogP contribution in [0.3, 0.4) is 0 Å². The quantitative estimate of drug-likeness (QED) is 0.0458. The lowest BCUT2D eigenvalue weighted by Crippen LogP contribution is -2.46. The lowest BCUT2D eigenvalue weighted by Gasteiger charge is -2.29. The van der Waals surface area contributed by atoms with Gasteiger partial charge in [-0.1, -0.05) is 70.4 Å². The number of hydrogen-bond donors (Lipinski definition) is 3. The molecule has 0 bridgehead atoms. The van der Waals surface area contributed by atoms with Crippen molar-refractivity contribution in [3.63, 3.8) is 0 Å². The number of ether oxygens (including phenoxy) is 10. The fourth-order valence-electron chi connectivity index (χ4n) is 5.81. The summed E-state index contributed by atoms with van der Waals surface area (Å²) in [6.45, 7) is 5.92. The Morgan fingerprint density at radius 3 is 1.78 bits per heavy atom. The first-order valence-corrected chi connectivity index (χ1v) is 20.7. The minimum atomic E-state index is -0.525. The van der Waals surface area contributed by atoms with Crippen molar-refractivity contribution >= 4 is 5.97 Å². The van der Waals surface area contributed by atoms with E-state index < -0.39 is 24.4 Å². The Morgan fingerprint density at radius 1 is 0.611 bits per heavy atom. The first-order chi connectivity index (χ1) is 26.7. The average Bonchev–Trinajstić information content (AvgIpc) is 3.58. The normalized spacial score (nSPS) is 17.9. The molecule has 0 aromatic rings. The summed E-state index contributed by atoms with van der Waals surface area (Å²) < 4.78 is 57.2. The molecule has 0 spiro atoms. The maximum absolute atomic E-state index is 12.1. The second kappa shape index (κ2) is 39.9. The van der Waals surface area contributed by atoms with Crippen molar-refractivity contribution in [2.24, 2.45) is 0 Å². The van der Waals surface area contributed by atoms with Crippen molar-refractivity contribution in [2.75, 3.05) is 119 Å². The monoisotopic (exact) mass is 781 g/mol. The number of esters is 1. The van der Waals surface area contributed by atoms with E-state index in [-0.39, 0.29) is 98.5 Å². The van der Waals surface area contributed by atoms with Gasteiger partial charge in [-0.3, -0.25) is 4.79 Å². The molecule has 0 saturated carbocycles. The summed E-state index contributed by atoms with van der Waals surface area (Å²) in [7, 11) is 0. The third kappa shape index (κ3) is 29.9. The summed E-state index contributed by atoms with van der Waals surface area (Å²) in [5, 5.41) is 26.9. The second-order valence-electron chi connectivity index (χ2n) is 13.2. The molecule has 1 aliphatic heterocycles. The zero-order valence-corrected chi connectivity index (χ0v) is 33.4. The van der Waals surface area contributed by atoms with Crippen LogP contribution in [-0.4, -0.2) is 165 Å². The maximum atomic E-state index is 12.1. The van der Waals surface area contributed by atoms with Crippen LogP contribution in [0.25, 0.3) is 0 Å². The Hall–Kier alpha value is -1.27. The topological polar surface area (TPSA) is 170 Å². The molecule has 54 heavy (non-hydrogen) atoms. The molecule has 0 aliphatic carbocycles. The van der Waals surface area contributed by atoms with Crippen molar-refractivity contribution in [1.29, 1.82) is 0 Å². The minimum absolute atomic E-state index is 0.0635. The minimum Gasteiger partial charge on any atom is -0.463 e. The van der Waals surface area contributed by atoms with Crippen molar-refractivity contribution in [1.82, 2.24) is 0 Å². The number of allylic oxidation sites excluding steroid dienone is 2. The van der Waals surface area contributed by atoms with Crippen molar-refractivity contribution in [3.05, 3.63) is 12.2 Å². The lowest BCUT2D eigenvalue weighted by atomic mass is 10.1. The molecular formula is C40H76O14. The van der Waals surface area contributed by atoms with Crippen LogP contribution in [-0.2, 0) is 52.2 Å². The highest BCUT2D eigenvalue weighted by Gasteiger charge is 2.44. The summed E-state index contributed by atoms with van der Waals surface area (Å²) in [4.78, 5) is 12.1. The van der Waals surface area contributed by atoms with E-state index in [0.717, 1.165) is 25.7 Å². The van der Waals surface area contributed by atoms with Crippen LogP contribution in [0.15, 0.2) is 12.2 Å². The van der Waals surface area contributed by atoms with Gasteiger partial charge in [-0.05, 0) is 32.1 Å². The van der Waals surface area contributed by atoms with Gasteiger partial charge >= 0.3 is 5.97 Å². The van der Waals surface area contributed by atoms with Gasteiger partial charge in [0.05, 0.1) is 112 Å². The van der Waals surface area contributed by atoms with Crippen LogP contribution in [0, 0.1) is 0 Å². The highest BCUT2D eigenvalue weighted by molar-refractivity contribution is 5.69. The molecule has 0 aromatic carbocycles. The predicted octanol–water partition coefficient (Wildman–Crippen LogP) is 4.18. The van der Waals surface area contributed by atoms with E-state index in [9.17, 15) is 4.79 Å². The van der Waals surface area contributed by atoms with Crippen molar-refractivity contribution in [3.8, 4) is 0 Å². The molecule has 4 atom stereocenters. The molecule has 14 heteroatoms. The Labute approximate surface area is 325 Å². The zero-order valence-electron chi connectivity index (χ0n) is 33.4. The van der Waals surface area contributed by atoms with Crippen LogP contribution in [0.2, 0.25) is 0 Å². The summed E-state index contributed by atoms with van der Waals surface area (Å²) in [6.07, 6.45) is 19.0. The third-order valence-electron chi connectivity index (χ3n) is 8.66. The smallest absolute Gasteiger partial charge is 0.305 e. The second-order valence-corrected chi connectivity index (χ2v) is 13.2. The number of carbonyl (C=O) groups excluding carboxylic acids is 1. The molecule has 0 aromatic heterocycles. The SMILES string of the molecule is CCCCCCCC/C=C\CCCCCCCC(=O)OCCOCCOCC(OCCOCCO)[C@H]1OC[C@@H](OCCOCCO)[C@@H]1OCCOCCO. The van der Waals surface area contributed by atoms with E-state index in [0.29, 0.717) is 32.8 Å². The van der Waals surface area contributed by atoms with Gasteiger partial charge in [0.1, 0.15) is 31.0 Å². The molecule has 1 heterocycles. The largest absolute Gasteiger partial charge is 0.463 e. The number of hydrogen-bond acceptors (Lipinski definition) is 14. The van der Waals surface area contributed by atoms with Gasteiger partial charge < -0.3 is 62.7 Å². The van der Waals surface area contributed by atoms with Crippen molar-refractivity contribution < 1.29 is 67.5 Å². The zero-order chi connectivity index (χ0) is 39.0. The van der Waals surface area contributed by atoms with Crippen LogP contribution in [0.4, 0.5) is 0 Å². The summed E-state index contributed by atoms with van der Waals surface area (Å²) >= 11 is 0. The first kappa shape index (κ1) is 50.7. The summed E-state index contributed by atoms with van der Waals surface area (Å²) in [5.74, 6) is -0.191. The number of rotatable bonds is 42. The van der Waals surface area contributed by atoms with Gasteiger partial charge in [0.2, 0.25) is 0 Å². The molecule has 1 fully saturated rings. The van der Waals surface area contributed by atoms with E-state index in [2.05, 4.69) is 19.1 Å². The Balaban J connectivity index is 2.28. The highest BCUT2D eigenvalue weighted by atomic mass is 16.6. The Morgan fingerprint density at radius 2 is 1.13 bits per heavy atom. The van der Waals surface area contributed by atoms with Crippen LogP contribution in [0.5, 0.6) is 0 Å². The highest BCUT2D eigenvalue weighted by Crippen LogP contribution is 2.25. The fourth-order valence-corrected chi connectivity index (χ4v) is 5.81. The van der Waals surface area contributed by atoms with Crippen LogP contribution >= 0.6 is 0 Å². The third-order valence-corrected chi connectivity index (χ3v) is 8.66. The molecule has 1 aliphatic rings. The summed E-state index contributed by atoms with van der Waals surface area (Å²) in [6, 6.07) is 0. The standard InChI is InChI=1S/C40H76O14/c1-2-3-4-5-6-7-8-9-10-11-12-13-14-15-16-17-38(44)52-32-28-48-24-25-49-34-36(50-30-26-45-21-18-41)40-39(53-33-29-47-23-20-43)37(35-54-40)51-31-27-46-22-19-42/h9-10,36-37,39-43H,2-8,11-35H2,1H3/b10-9-/t36?,37-,39+,40-/m1/s1. The summed E-state index contributed by atoms with van der Waals surface area (Å²) in [5.41, 5.74) is 0.